The Morgan fingerprint density at radius 3 is 2.76 bits per heavy atom. The molecule has 0 saturated carbocycles. The zero-order chi connectivity index (χ0) is 12.4. The molecule has 0 radical (unpaired) electrons. The summed E-state index contributed by atoms with van der Waals surface area (Å²) < 4.78 is 0. The molecule has 3 N–H and O–H groups in total. The Kier molecular flexibility index (Phi) is 3.10. The van der Waals surface area contributed by atoms with E-state index in [1.807, 2.05) is 26.0 Å². The Labute approximate surface area is 103 Å². The second-order valence-electron chi connectivity index (χ2n) is 3.81. The van der Waals surface area contributed by atoms with Crippen LogP contribution in [-0.4, -0.2) is 10.9 Å². The van der Waals surface area contributed by atoms with Gasteiger partial charge in [0, 0.05) is 0 Å². The fraction of sp³-hybridized carbons (Fsp3) is 0.167. The lowest BCUT2D eigenvalue weighted by atomic mass is 10.2. The molecule has 0 aliphatic heterocycles. The summed E-state index contributed by atoms with van der Waals surface area (Å²) in [5, 5.41) is 2.79. The molecule has 17 heavy (non-hydrogen) atoms. The third kappa shape index (κ3) is 2.45. The van der Waals surface area contributed by atoms with Crippen LogP contribution in [-0.2, 0) is 0 Å². The number of carbonyl (C=O) groups is 1. The topological polar surface area (TPSA) is 68.0 Å². The molecular weight excluding hydrogens is 234 g/mol. The van der Waals surface area contributed by atoms with Crippen molar-refractivity contribution in [1.82, 2.24) is 4.98 Å². The number of benzene rings is 1. The van der Waals surface area contributed by atoms with E-state index in [2.05, 4.69) is 10.3 Å². The van der Waals surface area contributed by atoms with Gasteiger partial charge in [0.1, 0.15) is 4.88 Å². The number of carbonyl (C=O) groups excluding carboxylic acids is 1. The van der Waals surface area contributed by atoms with Crippen molar-refractivity contribution in [2.45, 2.75) is 13.8 Å². The van der Waals surface area contributed by atoms with Crippen molar-refractivity contribution in [3.63, 3.8) is 0 Å². The standard InChI is InChI=1S/C12H13N3OS/c1-7-3-4-10(9(13)5-7)15-12(16)11-8(2)14-6-17-11/h3-6H,13H2,1-2H3,(H,15,16). The maximum Gasteiger partial charge on any atom is 0.267 e. The summed E-state index contributed by atoms with van der Waals surface area (Å²) in [4.78, 5) is 16.6. The number of amides is 1. The molecule has 0 saturated heterocycles. The van der Waals surface area contributed by atoms with E-state index in [1.54, 1.807) is 11.6 Å². The van der Waals surface area contributed by atoms with Crippen LogP contribution in [0.3, 0.4) is 0 Å². The summed E-state index contributed by atoms with van der Waals surface area (Å²) in [7, 11) is 0. The number of anilines is 2. The number of nitrogen functional groups attached to an aromatic ring is 1. The van der Waals surface area contributed by atoms with Gasteiger partial charge in [0.15, 0.2) is 0 Å². The maximum absolute atomic E-state index is 11.9. The van der Waals surface area contributed by atoms with Gasteiger partial charge in [-0.25, -0.2) is 4.98 Å². The van der Waals surface area contributed by atoms with Crippen LogP contribution in [0, 0.1) is 13.8 Å². The van der Waals surface area contributed by atoms with Crippen molar-refractivity contribution in [1.29, 1.82) is 0 Å². The van der Waals surface area contributed by atoms with Crippen LogP contribution in [0.5, 0.6) is 0 Å². The van der Waals surface area contributed by atoms with Gasteiger partial charge in [0.05, 0.1) is 22.6 Å². The fourth-order valence-corrected chi connectivity index (χ4v) is 2.19. The number of thiazole rings is 1. The second-order valence-corrected chi connectivity index (χ2v) is 4.67. The molecule has 0 bridgehead atoms. The first kappa shape index (κ1) is 11.6. The summed E-state index contributed by atoms with van der Waals surface area (Å²) in [5.74, 6) is -0.166. The average molecular weight is 247 g/mol. The predicted octanol–water partition coefficient (Wildman–Crippen LogP) is 2.59. The van der Waals surface area contributed by atoms with Gasteiger partial charge in [0.2, 0.25) is 0 Å². The minimum absolute atomic E-state index is 0.166. The average Bonchev–Trinajstić information content (AvgIpc) is 2.68. The second kappa shape index (κ2) is 4.55. The molecule has 0 aliphatic rings. The molecular formula is C12H13N3OS. The molecule has 1 aromatic carbocycles. The fourth-order valence-electron chi connectivity index (χ4n) is 1.49. The van der Waals surface area contributed by atoms with E-state index < -0.39 is 0 Å². The predicted molar refractivity (Wildman–Crippen MR) is 70.4 cm³/mol. The minimum atomic E-state index is -0.166. The van der Waals surface area contributed by atoms with Crippen LogP contribution < -0.4 is 11.1 Å². The first-order valence-corrected chi connectivity index (χ1v) is 6.03. The summed E-state index contributed by atoms with van der Waals surface area (Å²) in [5.41, 5.74) is 10.5. The van der Waals surface area contributed by atoms with Gasteiger partial charge in [0.25, 0.3) is 5.91 Å². The number of rotatable bonds is 2. The molecule has 0 aliphatic carbocycles. The Morgan fingerprint density at radius 1 is 1.41 bits per heavy atom. The highest BCUT2D eigenvalue weighted by molar-refractivity contribution is 7.12. The summed E-state index contributed by atoms with van der Waals surface area (Å²) in [6.45, 7) is 3.76. The SMILES string of the molecule is Cc1ccc(NC(=O)c2scnc2C)c(N)c1. The number of hydrogen-bond acceptors (Lipinski definition) is 4. The lowest BCUT2D eigenvalue weighted by molar-refractivity contribution is 0.103. The minimum Gasteiger partial charge on any atom is -0.397 e. The van der Waals surface area contributed by atoms with Gasteiger partial charge >= 0.3 is 0 Å². The molecule has 0 atom stereocenters. The van der Waals surface area contributed by atoms with Crippen molar-refractivity contribution in [2.75, 3.05) is 11.1 Å². The van der Waals surface area contributed by atoms with Crippen molar-refractivity contribution < 1.29 is 4.79 Å². The highest BCUT2D eigenvalue weighted by atomic mass is 32.1. The molecule has 0 fully saturated rings. The quantitative estimate of drug-likeness (QED) is 0.801. The van der Waals surface area contributed by atoms with Gasteiger partial charge in [-0.2, -0.15) is 0 Å². The molecule has 4 nitrogen and oxygen atoms in total. The van der Waals surface area contributed by atoms with E-state index in [0.717, 1.165) is 11.3 Å². The molecule has 1 heterocycles. The molecule has 5 heteroatoms. The van der Waals surface area contributed by atoms with Crippen LogP contribution in [0.15, 0.2) is 23.7 Å². The van der Waals surface area contributed by atoms with E-state index in [9.17, 15) is 4.79 Å². The normalized spacial score (nSPS) is 10.2. The number of hydrogen-bond donors (Lipinski definition) is 2. The van der Waals surface area contributed by atoms with Crippen LogP contribution in [0.2, 0.25) is 0 Å². The molecule has 2 aromatic rings. The smallest absolute Gasteiger partial charge is 0.267 e. The van der Waals surface area contributed by atoms with Crippen molar-refractivity contribution >= 4 is 28.6 Å². The van der Waals surface area contributed by atoms with Crippen molar-refractivity contribution in [3.05, 3.63) is 39.8 Å². The molecule has 0 spiro atoms. The van der Waals surface area contributed by atoms with Crippen LogP contribution in [0.4, 0.5) is 11.4 Å². The zero-order valence-electron chi connectivity index (χ0n) is 9.65. The van der Waals surface area contributed by atoms with Crippen LogP contribution in [0.25, 0.3) is 0 Å². The molecule has 88 valence electrons. The third-order valence-corrected chi connectivity index (χ3v) is 3.33. The monoisotopic (exact) mass is 247 g/mol. The maximum atomic E-state index is 11.9. The van der Waals surface area contributed by atoms with Crippen molar-refractivity contribution in [3.8, 4) is 0 Å². The molecule has 2 rings (SSSR count). The van der Waals surface area contributed by atoms with Crippen LogP contribution in [0.1, 0.15) is 20.9 Å². The highest BCUT2D eigenvalue weighted by Gasteiger charge is 2.12. The summed E-state index contributed by atoms with van der Waals surface area (Å²) >= 11 is 1.32. The third-order valence-electron chi connectivity index (χ3n) is 2.41. The number of nitrogens with two attached hydrogens (primary N) is 1. The van der Waals surface area contributed by atoms with E-state index in [-0.39, 0.29) is 5.91 Å². The first-order valence-electron chi connectivity index (χ1n) is 5.15. The van der Waals surface area contributed by atoms with E-state index in [1.165, 1.54) is 11.3 Å². The lowest BCUT2D eigenvalue weighted by Gasteiger charge is -2.08. The number of aryl methyl sites for hydroxylation is 2. The van der Waals surface area contributed by atoms with E-state index >= 15 is 0 Å². The molecule has 0 unspecified atom stereocenters. The largest absolute Gasteiger partial charge is 0.397 e. The zero-order valence-corrected chi connectivity index (χ0v) is 10.5. The van der Waals surface area contributed by atoms with Gasteiger partial charge < -0.3 is 11.1 Å². The highest BCUT2D eigenvalue weighted by Crippen LogP contribution is 2.21. The summed E-state index contributed by atoms with van der Waals surface area (Å²) in [6, 6.07) is 5.54. The van der Waals surface area contributed by atoms with Crippen LogP contribution >= 0.6 is 11.3 Å². The molecule has 1 amide bonds. The first-order chi connectivity index (χ1) is 8.08. The van der Waals surface area contributed by atoms with Gasteiger partial charge in [-0.05, 0) is 31.5 Å². The van der Waals surface area contributed by atoms with Gasteiger partial charge in [-0.15, -0.1) is 11.3 Å². The Bertz CT molecular complexity index is 563. The molecule has 1 aromatic heterocycles. The Morgan fingerprint density at radius 2 is 2.18 bits per heavy atom. The van der Waals surface area contributed by atoms with E-state index in [4.69, 9.17) is 5.73 Å². The number of aromatic nitrogens is 1. The Hall–Kier alpha value is -1.88. The summed E-state index contributed by atoms with van der Waals surface area (Å²) in [6.07, 6.45) is 0. The lowest BCUT2D eigenvalue weighted by Crippen LogP contribution is -2.13. The number of nitrogens with zero attached hydrogens (tertiary/aromatic N) is 1. The van der Waals surface area contributed by atoms with Crippen molar-refractivity contribution in [2.24, 2.45) is 0 Å². The Balaban J connectivity index is 2.22. The van der Waals surface area contributed by atoms with E-state index in [0.29, 0.717) is 16.3 Å². The van der Waals surface area contributed by atoms with Gasteiger partial charge in [-0.3, -0.25) is 4.79 Å². The number of nitrogens with one attached hydrogen (secondary N) is 1. The van der Waals surface area contributed by atoms with Gasteiger partial charge in [-0.1, -0.05) is 6.07 Å².